The van der Waals surface area contributed by atoms with E-state index in [2.05, 4.69) is 69.9 Å². The Kier molecular flexibility index (Phi) is 9.22. The zero-order valence-corrected chi connectivity index (χ0v) is 28.5. The van der Waals surface area contributed by atoms with E-state index in [0.29, 0.717) is 64.0 Å². The Morgan fingerprint density at radius 1 is 1.00 bits per heavy atom. The number of piperidine rings is 1. The van der Waals surface area contributed by atoms with Crippen molar-refractivity contribution in [3.05, 3.63) is 40.0 Å². The summed E-state index contributed by atoms with van der Waals surface area (Å²) in [6, 6.07) is 6.20. The molecule has 3 N–H and O–H groups in total. The van der Waals surface area contributed by atoms with E-state index in [1.807, 2.05) is 6.07 Å². The number of sulfonamides is 1. The number of aromatic nitrogens is 3. The molecular formula is C30H40BrN9O4S. The molecule has 5 heterocycles. The minimum absolute atomic E-state index is 0.316. The lowest BCUT2D eigenvalue weighted by atomic mass is 10.0. The van der Waals surface area contributed by atoms with Crippen molar-refractivity contribution < 1.29 is 17.9 Å². The van der Waals surface area contributed by atoms with Gasteiger partial charge in [-0.2, -0.15) is 9.97 Å². The second kappa shape index (κ2) is 13.1. The second-order valence-electron chi connectivity index (χ2n) is 11.9. The molecule has 3 aliphatic rings. The van der Waals surface area contributed by atoms with Gasteiger partial charge in [0.1, 0.15) is 23.1 Å². The summed E-state index contributed by atoms with van der Waals surface area (Å²) in [4.78, 5) is 21.4. The van der Waals surface area contributed by atoms with E-state index in [4.69, 9.17) is 14.5 Å². The lowest BCUT2D eigenvalue weighted by Crippen LogP contribution is -2.52. The summed E-state index contributed by atoms with van der Waals surface area (Å²) in [5, 5.41) is 6.50. The highest BCUT2D eigenvalue weighted by Crippen LogP contribution is 2.38. The molecule has 2 saturated heterocycles. The van der Waals surface area contributed by atoms with Crippen LogP contribution in [-0.4, -0.2) is 106 Å². The number of hydrogen-bond donors (Lipinski definition) is 3. The quantitative estimate of drug-likeness (QED) is 0.298. The number of anilines is 6. The molecule has 0 saturated carbocycles. The molecule has 0 bridgehead atoms. The van der Waals surface area contributed by atoms with Gasteiger partial charge in [-0.1, -0.05) is 0 Å². The molecular weight excluding hydrogens is 662 g/mol. The summed E-state index contributed by atoms with van der Waals surface area (Å²) in [6.07, 6.45) is 5.69. The van der Waals surface area contributed by atoms with Crippen LogP contribution in [0.3, 0.4) is 0 Å². The van der Waals surface area contributed by atoms with Gasteiger partial charge < -0.3 is 29.9 Å². The Hall–Kier alpha value is -3.40. The van der Waals surface area contributed by atoms with Gasteiger partial charge in [0, 0.05) is 64.0 Å². The van der Waals surface area contributed by atoms with Crippen LogP contribution in [0.2, 0.25) is 0 Å². The number of nitrogens with zero attached hydrogens (tertiary/aromatic N) is 6. The van der Waals surface area contributed by atoms with Crippen LogP contribution in [-0.2, 0) is 16.4 Å². The molecule has 242 valence electrons. The molecule has 13 nitrogen and oxygen atoms in total. The predicted molar refractivity (Wildman–Crippen MR) is 180 cm³/mol. The molecule has 0 unspecified atom stereocenters. The number of aryl methyl sites for hydroxylation is 1. The lowest BCUT2D eigenvalue weighted by molar-refractivity contribution is 0.0981. The third kappa shape index (κ3) is 7.37. The monoisotopic (exact) mass is 701 g/mol. The molecule has 45 heavy (non-hydrogen) atoms. The topological polar surface area (TPSA) is 137 Å². The van der Waals surface area contributed by atoms with E-state index in [-0.39, 0.29) is 0 Å². The summed E-state index contributed by atoms with van der Waals surface area (Å²) < 4.78 is 38.8. The summed E-state index contributed by atoms with van der Waals surface area (Å²) >= 11 is 3.51. The fraction of sp³-hybridized carbons (Fsp3) is 0.500. The number of likely N-dealkylation sites (N-methyl/N-ethyl adjacent to an activating group) is 1. The largest absolute Gasteiger partial charge is 0.493 e. The van der Waals surface area contributed by atoms with Crippen LogP contribution < -0.4 is 29.7 Å². The molecule has 2 aromatic heterocycles. The maximum Gasteiger partial charge on any atom is 0.239 e. The van der Waals surface area contributed by atoms with Crippen LogP contribution in [0.4, 0.5) is 34.6 Å². The lowest BCUT2D eigenvalue weighted by Gasteiger charge is -2.42. The molecule has 2 fully saturated rings. The van der Waals surface area contributed by atoms with Gasteiger partial charge in [-0.05, 0) is 66.0 Å². The fourth-order valence-corrected chi connectivity index (χ4v) is 7.02. The zero-order chi connectivity index (χ0) is 31.7. The van der Waals surface area contributed by atoms with E-state index in [9.17, 15) is 8.42 Å². The first-order valence-electron chi connectivity index (χ1n) is 15.1. The number of piperazine rings is 1. The van der Waals surface area contributed by atoms with Crippen LogP contribution in [0.25, 0.3) is 0 Å². The van der Waals surface area contributed by atoms with E-state index in [1.165, 1.54) is 0 Å². The summed E-state index contributed by atoms with van der Waals surface area (Å²) in [7, 11) is 0.283. The van der Waals surface area contributed by atoms with Gasteiger partial charge in [-0.3, -0.25) is 9.62 Å². The second-order valence-corrected chi connectivity index (χ2v) is 14.5. The van der Waals surface area contributed by atoms with Crippen LogP contribution in [0.1, 0.15) is 24.0 Å². The van der Waals surface area contributed by atoms with Gasteiger partial charge in [0.2, 0.25) is 21.9 Å². The molecule has 15 heteroatoms. The van der Waals surface area contributed by atoms with Crippen molar-refractivity contribution >= 4 is 60.6 Å². The van der Waals surface area contributed by atoms with Crippen molar-refractivity contribution in [2.45, 2.75) is 32.2 Å². The van der Waals surface area contributed by atoms with Crippen molar-refractivity contribution in [2.75, 3.05) is 86.5 Å². The van der Waals surface area contributed by atoms with Crippen molar-refractivity contribution in [1.29, 1.82) is 0 Å². The van der Waals surface area contributed by atoms with Crippen LogP contribution in [0.15, 0.2) is 28.9 Å². The Morgan fingerprint density at radius 3 is 2.47 bits per heavy atom. The Morgan fingerprint density at radius 2 is 1.76 bits per heavy atom. The molecule has 0 atom stereocenters. The van der Waals surface area contributed by atoms with E-state index in [0.717, 1.165) is 75.3 Å². The molecule has 0 amide bonds. The average molecular weight is 703 g/mol. The normalized spacial score (nSPS) is 17.9. The van der Waals surface area contributed by atoms with Crippen LogP contribution in [0.5, 0.6) is 11.6 Å². The average Bonchev–Trinajstić information content (AvgIpc) is 3.46. The minimum atomic E-state index is -3.52. The number of hydrogen-bond acceptors (Lipinski definition) is 12. The van der Waals surface area contributed by atoms with Crippen molar-refractivity contribution in [3.8, 4) is 11.6 Å². The van der Waals surface area contributed by atoms with Gasteiger partial charge in [-0.25, -0.2) is 13.4 Å². The Bertz CT molecular complexity index is 1660. The van der Waals surface area contributed by atoms with Crippen molar-refractivity contribution in [1.82, 2.24) is 24.8 Å². The van der Waals surface area contributed by atoms with Crippen molar-refractivity contribution in [3.63, 3.8) is 0 Å². The van der Waals surface area contributed by atoms with Crippen LogP contribution >= 0.6 is 15.9 Å². The molecule has 0 radical (unpaired) electrons. The third-order valence-electron chi connectivity index (χ3n) is 8.53. The number of fused-ring (bicyclic) bond motifs is 1. The number of halogens is 1. The molecule has 1 aromatic carbocycles. The third-order valence-corrected chi connectivity index (χ3v) is 9.70. The zero-order valence-electron chi connectivity index (χ0n) is 26.1. The minimum Gasteiger partial charge on any atom is -0.493 e. The molecule has 0 aliphatic carbocycles. The number of pyridine rings is 1. The first-order valence-corrected chi connectivity index (χ1v) is 17.8. The molecule has 3 aromatic rings. The van der Waals surface area contributed by atoms with Crippen molar-refractivity contribution in [2.24, 2.45) is 0 Å². The standard InChI is InChI=1S/C30H40BrN9O4S/c1-19-15-25(29(43-3)36-28(19)40-8-5-21(6-9-40)39-12-10-38(2)11-13-39)34-30-32-18-22(31)27(35-30)33-23-17-26-20(7-14-44-26)16-24(23)37-45(4,41)42/h15-18,21,37H,5-14H2,1-4H3,(H2,32,33,34,35). The molecule has 0 spiro atoms. The van der Waals surface area contributed by atoms with Gasteiger partial charge in [0.05, 0.1) is 35.8 Å². The first kappa shape index (κ1) is 31.6. The number of methoxy groups -OCH3 is 1. The Labute approximate surface area is 272 Å². The maximum atomic E-state index is 12.1. The van der Waals surface area contributed by atoms with Gasteiger partial charge in [0.15, 0.2) is 0 Å². The van der Waals surface area contributed by atoms with Gasteiger partial charge in [-0.15, -0.1) is 0 Å². The Balaban J connectivity index is 1.18. The number of benzene rings is 1. The predicted octanol–water partition coefficient (Wildman–Crippen LogP) is 3.96. The highest BCUT2D eigenvalue weighted by atomic mass is 79.9. The van der Waals surface area contributed by atoms with Gasteiger partial charge in [0.25, 0.3) is 0 Å². The van der Waals surface area contributed by atoms with E-state index in [1.54, 1.807) is 25.4 Å². The molecule has 3 aliphatic heterocycles. The maximum absolute atomic E-state index is 12.1. The number of nitrogens with one attached hydrogen (secondary N) is 3. The van der Waals surface area contributed by atoms with Crippen LogP contribution in [0, 0.1) is 6.92 Å². The molecule has 6 rings (SSSR count). The highest BCUT2D eigenvalue weighted by Gasteiger charge is 2.28. The summed E-state index contributed by atoms with van der Waals surface area (Å²) in [5.74, 6) is 2.84. The number of ether oxygens (including phenoxy) is 2. The summed E-state index contributed by atoms with van der Waals surface area (Å²) in [5.41, 5.74) is 3.52. The fourth-order valence-electron chi connectivity index (χ4n) is 6.16. The smallest absolute Gasteiger partial charge is 0.239 e. The van der Waals surface area contributed by atoms with E-state index >= 15 is 0 Å². The van der Waals surface area contributed by atoms with Gasteiger partial charge >= 0.3 is 0 Å². The van der Waals surface area contributed by atoms with E-state index < -0.39 is 10.0 Å². The SMILES string of the molecule is COc1nc(N2CCC(N3CCN(C)CC3)CC2)c(C)cc1Nc1ncc(Br)c(Nc2cc3c(cc2NS(C)(=O)=O)CCO3)n1. The first-order chi connectivity index (χ1) is 21.6. The summed E-state index contributed by atoms with van der Waals surface area (Å²) in [6.45, 7) is 9.07. The highest BCUT2D eigenvalue weighted by molar-refractivity contribution is 9.10. The number of rotatable bonds is 9.